The molecule has 0 saturated carbocycles. The van der Waals surface area contributed by atoms with Crippen LogP contribution in [0.15, 0.2) is 11.4 Å². The molecular weight excluding hydrogens is 316 g/mol. The summed E-state index contributed by atoms with van der Waals surface area (Å²) in [5.74, 6) is 0.820. The van der Waals surface area contributed by atoms with Gasteiger partial charge in [0, 0.05) is 0 Å². The molecule has 0 heterocycles. The molecule has 0 aromatic rings. The van der Waals surface area contributed by atoms with Crippen LogP contribution in [0.5, 0.6) is 0 Å². The van der Waals surface area contributed by atoms with Crippen molar-refractivity contribution in [2.24, 2.45) is 5.73 Å². The number of hydrogen-bond acceptors (Lipinski definition) is 2. The van der Waals surface area contributed by atoms with E-state index in [1.807, 2.05) is 7.05 Å². The number of nitrogens with one attached hydrogen (secondary N) is 1. The molecule has 0 fully saturated rings. The average Bonchev–Trinajstić information content (AvgIpc) is 2.00. The zero-order valence-electron chi connectivity index (χ0n) is 6.53. The van der Waals surface area contributed by atoms with Crippen molar-refractivity contribution in [1.29, 1.82) is 0 Å². The summed E-state index contributed by atoms with van der Waals surface area (Å²) in [6.45, 7) is 4.25. The third kappa shape index (κ3) is 3.44. The number of halogens is 1. The van der Waals surface area contributed by atoms with Crippen LogP contribution in [0.4, 0.5) is 0 Å². The molecule has 0 unspecified atom stereocenters. The SMILES string of the molecule is CN/C(N)=C(/C)[C](C)=[Y][I]. The summed E-state index contributed by atoms with van der Waals surface area (Å²) in [5.41, 5.74) is 6.92. The van der Waals surface area contributed by atoms with Gasteiger partial charge in [-0.15, -0.1) is 0 Å². The molecule has 0 aromatic heterocycles. The van der Waals surface area contributed by atoms with Gasteiger partial charge >= 0.3 is 85.9 Å². The van der Waals surface area contributed by atoms with Gasteiger partial charge in [0.05, 0.1) is 0 Å². The Kier molecular flexibility index (Phi) is 6.25. The van der Waals surface area contributed by atoms with Gasteiger partial charge in [-0.25, -0.2) is 0 Å². The van der Waals surface area contributed by atoms with Crippen LogP contribution in [0.3, 0.4) is 0 Å². The van der Waals surface area contributed by atoms with Crippen LogP contribution in [-0.2, 0) is 23.9 Å². The molecule has 4 heteroatoms. The Labute approximate surface area is 84.7 Å². The second kappa shape index (κ2) is 5.66. The van der Waals surface area contributed by atoms with Gasteiger partial charge in [-0.2, -0.15) is 0 Å². The fourth-order valence-electron chi connectivity index (χ4n) is 0.482. The maximum absolute atomic E-state index is 5.67. The van der Waals surface area contributed by atoms with Crippen molar-refractivity contribution < 1.29 is 23.9 Å². The molecule has 0 spiro atoms. The van der Waals surface area contributed by atoms with Crippen molar-refractivity contribution in [1.82, 2.24) is 5.32 Å². The van der Waals surface area contributed by atoms with Crippen molar-refractivity contribution >= 4 is 18.6 Å². The van der Waals surface area contributed by atoms with Gasteiger partial charge in [0.15, 0.2) is 0 Å². The Morgan fingerprint density at radius 1 is 1.50 bits per heavy atom. The summed E-state index contributed by atoms with van der Waals surface area (Å²) in [6, 6.07) is 0. The molecule has 0 aromatic carbocycles. The zero-order chi connectivity index (χ0) is 8.15. The van der Waals surface area contributed by atoms with E-state index in [0.717, 1.165) is 5.82 Å². The second-order valence-corrected chi connectivity index (χ2v) is 8.43. The standard InChI is InChI=1S/C6H12N2.HI.Y/c1-4-5(2)6(7)8-3;;/h8H,7H2,1-3H3;1H;/q;;+1/p-1/b6-5-;;. The van der Waals surface area contributed by atoms with E-state index < -0.39 is 23.9 Å². The molecule has 0 saturated heterocycles. The number of nitrogens with two attached hydrogens (primary N) is 1. The minimum absolute atomic E-state index is 0.452. The molecule has 10 heavy (non-hydrogen) atoms. The predicted molar refractivity (Wildman–Crippen MR) is 50.6 cm³/mol. The first kappa shape index (κ1) is 11.0. The molecule has 0 amide bonds. The third-order valence-electron chi connectivity index (χ3n) is 1.43. The van der Waals surface area contributed by atoms with E-state index >= 15 is 0 Å². The maximum atomic E-state index is 5.67. The van der Waals surface area contributed by atoms with Crippen molar-refractivity contribution in [2.75, 3.05) is 7.05 Å². The molecule has 0 aliphatic carbocycles. The third-order valence-corrected chi connectivity index (χ3v) is 8.82. The van der Waals surface area contributed by atoms with Gasteiger partial charge in [-0.1, -0.05) is 0 Å². The molecule has 56 valence electrons. The average molecular weight is 328 g/mol. The van der Waals surface area contributed by atoms with E-state index in [4.69, 9.17) is 5.73 Å². The van der Waals surface area contributed by atoms with Crippen LogP contribution in [-0.4, -0.2) is 9.35 Å². The Morgan fingerprint density at radius 2 is 2.00 bits per heavy atom. The first-order valence-electron chi connectivity index (χ1n) is 3.05. The van der Waals surface area contributed by atoms with Crippen molar-refractivity contribution in [3.8, 4) is 0 Å². The van der Waals surface area contributed by atoms with E-state index in [0.29, 0.717) is 0 Å². The zero-order valence-corrected chi connectivity index (χ0v) is 11.5. The van der Waals surface area contributed by atoms with Gasteiger partial charge < -0.3 is 0 Å². The number of hydrogen-bond donors (Lipinski definition) is 2. The summed E-state index contributed by atoms with van der Waals surface area (Å²) in [5, 5.41) is 2.94. The molecule has 0 aliphatic heterocycles. The van der Waals surface area contributed by atoms with Crippen LogP contribution in [0.2, 0.25) is 0 Å². The van der Waals surface area contributed by atoms with Gasteiger partial charge in [-0.05, 0) is 0 Å². The Hall–Kier alpha value is 1.04. The van der Waals surface area contributed by atoms with E-state index in [1.54, 1.807) is 0 Å². The molecular formula is C6H12IN2Y. The van der Waals surface area contributed by atoms with Crippen LogP contribution in [0, 0.1) is 0 Å². The van der Waals surface area contributed by atoms with Crippen LogP contribution < -0.4 is 11.1 Å². The molecule has 0 bridgehead atoms. The van der Waals surface area contributed by atoms with Gasteiger partial charge in [0.25, 0.3) is 0 Å². The van der Waals surface area contributed by atoms with Crippen molar-refractivity contribution in [2.45, 2.75) is 13.8 Å². The van der Waals surface area contributed by atoms with E-state index in [-0.39, 0.29) is 0 Å². The summed E-state index contributed by atoms with van der Waals surface area (Å²) >= 11 is 2.06. The topological polar surface area (TPSA) is 38.0 Å². The van der Waals surface area contributed by atoms with Gasteiger partial charge in [0.2, 0.25) is 0 Å². The number of allylic oxidation sites excluding steroid dienone is 1. The first-order valence-corrected chi connectivity index (χ1v) is 12.9. The van der Waals surface area contributed by atoms with Crippen LogP contribution in [0.1, 0.15) is 13.8 Å². The first-order chi connectivity index (χ1) is 4.63. The van der Waals surface area contributed by atoms with Crippen molar-refractivity contribution in [3.63, 3.8) is 0 Å². The van der Waals surface area contributed by atoms with Gasteiger partial charge in [-0.3, -0.25) is 0 Å². The van der Waals surface area contributed by atoms with Crippen molar-refractivity contribution in [3.05, 3.63) is 11.4 Å². The summed E-state index contributed by atoms with van der Waals surface area (Å²) < 4.78 is 1.52. The molecule has 0 atom stereocenters. The number of rotatable bonds is 2. The molecule has 0 aliphatic rings. The summed E-state index contributed by atoms with van der Waals surface area (Å²) in [7, 11) is 1.85. The normalized spacial score (nSPS) is 13.8. The fraction of sp³-hybridized carbons (Fsp3) is 0.500. The predicted octanol–water partition coefficient (Wildman–Crippen LogP) is 1.02. The molecule has 2 nitrogen and oxygen atoms in total. The molecule has 0 radical (unpaired) electrons. The van der Waals surface area contributed by atoms with Crippen LogP contribution in [0.25, 0.3) is 0 Å². The second-order valence-electron chi connectivity index (χ2n) is 2.08. The Morgan fingerprint density at radius 3 is 2.30 bits per heavy atom. The minimum atomic E-state index is -0.452. The van der Waals surface area contributed by atoms with E-state index in [9.17, 15) is 0 Å². The van der Waals surface area contributed by atoms with Crippen LogP contribution >= 0.6 is 16.3 Å². The quantitative estimate of drug-likeness (QED) is 0.743. The summed E-state index contributed by atoms with van der Waals surface area (Å²) in [4.78, 5) is 0. The Balaban J connectivity index is 4.46. The monoisotopic (exact) mass is 328 g/mol. The van der Waals surface area contributed by atoms with E-state index in [1.165, 1.54) is 7.87 Å². The van der Waals surface area contributed by atoms with Gasteiger partial charge in [0.1, 0.15) is 0 Å². The summed E-state index contributed by atoms with van der Waals surface area (Å²) in [6.07, 6.45) is 0. The fourth-order valence-corrected chi connectivity index (χ4v) is 4.03. The molecule has 3 N–H and O–H groups in total. The van der Waals surface area contributed by atoms with E-state index in [2.05, 4.69) is 35.5 Å². The Bertz CT molecular complexity index is 175. The molecule has 0 rings (SSSR count).